The van der Waals surface area contributed by atoms with Crippen LogP contribution in [0.25, 0.3) is 0 Å². The van der Waals surface area contributed by atoms with Crippen LogP contribution in [0.2, 0.25) is 0 Å². The second-order valence-corrected chi connectivity index (χ2v) is 4.10. The van der Waals surface area contributed by atoms with Crippen molar-refractivity contribution in [3.05, 3.63) is 36.2 Å². The van der Waals surface area contributed by atoms with Gasteiger partial charge in [0, 0.05) is 0 Å². The van der Waals surface area contributed by atoms with Crippen LogP contribution in [0.5, 0.6) is 0 Å². The molecule has 0 saturated carbocycles. The molecule has 0 spiro atoms. The van der Waals surface area contributed by atoms with Crippen molar-refractivity contribution in [2.45, 2.75) is 41.5 Å². The monoisotopic (exact) mass is 394 g/mol. The van der Waals surface area contributed by atoms with E-state index in [-0.39, 0.29) is 23.0 Å². The van der Waals surface area contributed by atoms with Gasteiger partial charge in [0.25, 0.3) is 0 Å². The summed E-state index contributed by atoms with van der Waals surface area (Å²) in [6.45, 7) is 12.1. The van der Waals surface area contributed by atoms with Gasteiger partial charge in [0.1, 0.15) is 11.6 Å². The number of nitrogens with zero attached hydrogens (tertiary/aromatic N) is 4. The maximum atomic E-state index is 11.0. The van der Waals surface area contributed by atoms with Crippen LogP contribution in [0.3, 0.4) is 0 Å². The van der Waals surface area contributed by atoms with Gasteiger partial charge in [-0.3, -0.25) is 4.98 Å². The maximum Gasteiger partial charge on any atom is 0.358 e. The third-order valence-electron chi connectivity index (χ3n) is 2.29. The average molecular weight is 394 g/mol. The molecule has 0 atom stereocenters. The van der Waals surface area contributed by atoms with Gasteiger partial charge in [0.15, 0.2) is 11.4 Å². The summed E-state index contributed by atoms with van der Waals surface area (Å²) in [5.74, 6) is -0.495. The minimum absolute atomic E-state index is 0.136. The van der Waals surface area contributed by atoms with Gasteiger partial charge in [-0.25, -0.2) is 24.5 Å². The lowest BCUT2D eigenvalue weighted by Crippen LogP contribution is -2.08. The molecule has 2 rings (SSSR count). The number of hydrogen-bond acceptors (Lipinski definition) is 10. The topological polar surface area (TPSA) is 156 Å². The molecule has 2 heterocycles. The Labute approximate surface area is 165 Å². The van der Waals surface area contributed by atoms with Crippen LogP contribution in [-0.4, -0.2) is 45.1 Å². The van der Waals surface area contributed by atoms with E-state index in [0.29, 0.717) is 13.2 Å². The Morgan fingerprint density at radius 3 is 1.75 bits per heavy atom. The molecule has 4 N–H and O–H groups in total. The number of nitrogens with two attached hydrogens (primary N) is 2. The van der Waals surface area contributed by atoms with Crippen molar-refractivity contribution < 1.29 is 19.1 Å². The van der Waals surface area contributed by atoms with Crippen molar-refractivity contribution in [2.75, 3.05) is 24.7 Å². The van der Waals surface area contributed by atoms with Crippen LogP contribution in [0, 0.1) is 0 Å². The highest BCUT2D eigenvalue weighted by Gasteiger charge is 2.08. The predicted molar refractivity (Wildman–Crippen MR) is 107 cm³/mol. The molecule has 10 heteroatoms. The second kappa shape index (κ2) is 17.1. The predicted octanol–water partition coefficient (Wildman–Crippen LogP) is 2.52. The van der Waals surface area contributed by atoms with Crippen LogP contribution in [0.1, 0.15) is 62.5 Å². The number of aromatic nitrogens is 4. The lowest BCUT2D eigenvalue weighted by atomic mass is 10.4. The summed E-state index contributed by atoms with van der Waals surface area (Å²) in [7, 11) is 0. The van der Waals surface area contributed by atoms with E-state index < -0.39 is 11.9 Å². The summed E-state index contributed by atoms with van der Waals surface area (Å²) in [6, 6.07) is 0. The molecular formula is C18H30N6O4. The number of anilines is 2. The average Bonchev–Trinajstić information content (AvgIpc) is 2.72. The molecule has 0 aliphatic heterocycles. The number of nitrogen functional groups attached to an aromatic ring is 2. The van der Waals surface area contributed by atoms with Gasteiger partial charge < -0.3 is 20.9 Å². The lowest BCUT2D eigenvalue weighted by Gasteiger charge is -1.99. The molecule has 2 aromatic heterocycles. The summed E-state index contributed by atoms with van der Waals surface area (Å²) >= 11 is 0. The van der Waals surface area contributed by atoms with Gasteiger partial charge in [-0.1, -0.05) is 27.7 Å². The fourth-order valence-electron chi connectivity index (χ4n) is 1.33. The molecule has 156 valence electrons. The Balaban J connectivity index is 0. The number of ether oxygens (including phenoxy) is 2. The third-order valence-corrected chi connectivity index (χ3v) is 2.29. The SMILES string of the molecule is CC.CC.CCOC(=O)c1cnc(N)cn1.CCOC(=O)c1cncc(N)n1. The van der Waals surface area contributed by atoms with E-state index in [1.165, 1.54) is 24.8 Å². The first kappa shape index (κ1) is 26.9. The fraction of sp³-hybridized carbons (Fsp3) is 0.444. The smallest absolute Gasteiger partial charge is 0.358 e. The highest BCUT2D eigenvalue weighted by Crippen LogP contribution is 1.99. The molecule has 0 aliphatic rings. The highest BCUT2D eigenvalue weighted by atomic mass is 16.5. The summed E-state index contributed by atoms with van der Waals surface area (Å²) in [4.78, 5) is 36.9. The van der Waals surface area contributed by atoms with Crippen LogP contribution in [0.4, 0.5) is 11.6 Å². The first-order valence-electron chi connectivity index (χ1n) is 8.97. The zero-order chi connectivity index (χ0) is 21.9. The normalized spacial score (nSPS) is 8.50. The van der Waals surface area contributed by atoms with E-state index in [1.54, 1.807) is 13.8 Å². The Morgan fingerprint density at radius 2 is 1.32 bits per heavy atom. The number of carbonyl (C=O) groups is 2. The van der Waals surface area contributed by atoms with Gasteiger partial charge >= 0.3 is 11.9 Å². The van der Waals surface area contributed by atoms with Crippen LogP contribution in [-0.2, 0) is 9.47 Å². The summed E-state index contributed by atoms with van der Waals surface area (Å²) in [5.41, 5.74) is 10.9. The van der Waals surface area contributed by atoms with Gasteiger partial charge in [0.2, 0.25) is 0 Å². The van der Waals surface area contributed by atoms with Crippen molar-refractivity contribution >= 4 is 23.6 Å². The summed E-state index contributed by atoms with van der Waals surface area (Å²) in [5, 5.41) is 0. The summed E-state index contributed by atoms with van der Waals surface area (Å²) < 4.78 is 9.37. The fourth-order valence-corrected chi connectivity index (χ4v) is 1.33. The molecular weight excluding hydrogens is 364 g/mol. The van der Waals surface area contributed by atoms with Crippen molar-refractivity contribution in [2.24, 2.45) is 0 Å². The minimum Gasteiger partial charge on any atom is -0.461 e. The summed E-state index contributed by atoms with van der Waals surface area (Å²) in [6.07, 6.45) is 5.27. The van der Waals surface area contributed by atoms with Crippen molar-refractivity contribution in [1.82, 2.24) is 19.9 Å². The number of carbonyl (C=O) groups excluding carboxylic acids is 2. The number of esters is 2. The van der Waals surface area contributed by atoms with Crippen molar-refractivity contribution in [3.63, 3.8) is 0 Å². The molecule has 10 nitrogen and oxygen atoms in total. The largest absolute Gasteiger partial charge is 0.461 e. The first-order valence-corrected chi connectivity index (χ1v) is 8.97. The van der Waals surface area contributed by atoms with E-state index >= 15 is 0 Å². The molecule has 0 unspecified atom stereocenters. The van der Waals surface area contributed by atoms with Crippen LogP contribution < -0.4 is 11.5 Å². The molecule has 0 aromatic carbocycles. The highest BCUT2D eigenvalue weighted by molar-refractivity contribution is 5.87. The van der Waals surface area contributed by atoms with Gasteiger partial charge in [-0.2, -0.15) is 0 Å². The van der Waals surface area contributed by atoms with E-state index in [1.807, 2.05) is 27.7 Å². The molecule has 0 bridgehead atoms. The van der Waals surface area contributed by atoms with Gasteiger partial charge in [0.05, 0.1) is 38.0 Å². The Kier molecular flexibility index (Phi) is 16.5. The molecule has 0 fully saturated rings. The molecule has 28 heavy (non-hydrogen) atoms. The molecule has 0 radical (unpaired) electrons. The zero-order valence-electron chi connectivity index (χ0n) is 17.3. The molecule has 2 aromatic rings. The molecule has 0 saturated heterocycles. The molecule has 0 aliphatic carbocycles. The number of hydrogen-bond donors (Lipinski definition) is 2. The Bertz CT molecular complexity index is 680. The van der Waals surface area contributed by atoms with Gasteiger partial charge in [-0.05, 0) is 13.8 Å². The van der Waals surface area contributed by atoms with E-state index in [4.69, 9.17) is 11.5 Å². The Hall–Kier alpha value is -3.30. The second-order valence-electron chi connectivity index (χ2n) is 4.10. The van der Waals surface area contributed by atoms with E-state index in [2.05, 4.69) is 29.4 Å². The van der Waals surface area contributed by atoms with E-state index in [0.717, 1.165) is 0 Å². The molecule has 0 amide bonds. The van der Waals surface area contributed by atoms with Crippen molar-refractivity contribution in [1.29, 1.82) is 0 Å². The minimum atomic E-state index is -0.502. The zero-order valence-corrected chi connectivity index (χ0v) is 17.3. The van der Waals surface area contributed by atoms with Crippen molar-refractivity contribution in [3.8, 4) is 0 Å². The van der Waals surface area contributed by atoms with Crippen LogP contribution >= 0.6 is 0 Å². The van der Waals surface area contributed by atoms with Crippen LogP contribution in [0.15, 0.2) is 24.8 Å². The first-order chi connectivity index (χ1) is 13.5. The third kappa shape index (κ3) is 11.3. The lowest BCUT2D eigenvalue weighted by molar-refractivity contribution is 0.0509. The maximum absolute atomic E-state index is 11.0. The van der Waals surface area contributed by atoms with Gasteiger partial charge in [-0.15, -0.1) is 0 Å². The van der Waals surface area contributed by atoms with E-state index in [9.17, 15) is 9.59 Å². The Morgan fingerprint density at radius 1 is 0.786 bits per heavy atom. The quantitative estimate of drug-likeness (QED) is 0.738. The standard InChI is InChI=1S/2C7H9N3O2.2C2H6/c1-2-12-7(11)5-3-10-6(8)4-9-5;1-2-12-7(11)5-3-9-4-6(8)10-5;2*1-2/h2*3-4H,2H2,1H3,(H2,8,10);2*1-2H3. The number of rotatable bonds is 4.